The van der Waals surface area contributed by atoms with Crippen molar-refractivity contribution in [3.8, 4) is 6.07 Å². The van der Waals surface area contributed by atoms with Crippen molar-refractivity contribution in [1.82, 2.24) is 9.46 Å². The fraction of sp³-hybridized carbons (Fsp3) is 0.600. The van der Waals surface area contributed by atoms with E-state index in [1.807, 2.05) is 13.0 Å². The summed E-state index contributed by atoms with van der Waals surface area (Å²) in [5, 5.41) is 12.2. The molecule has 1 rings (SSSR count). The van der Waals surface area contributed by atoms with E-state index in [1.165, 1.54) is 0 Å². The van der Waals surface area contributed by atoms with Crippen LogP contribution in [-0.2, 0) is 15.8 Å². The molecule has 0 fully saturated rings. The van der Waals surface area contributed by atoms with Gasteiger partial charge in [-0.05, 0) is 13.3 Å². The van der Waals surface area contributed by atoms with Gasteiger partial charge < -0.3 is 4.52 Å². The van der Waals surface area contributed by atoms with Gasteiger partial charge in [-0.1, -0.05) is 12.1 Å². The average Bonchev–Trinajstić information content (AvgIpc) is 2.63. The van der Waals surface area contributed by atoms with E-state index in [0.717, 1.165) is 4.31 Å². The first-order valence-corrected chi connectivity index (χ1v) is 6.87. The number of hydrogen-bond donors (Lipinski definition) is 0. The Morgan fingerprint density at radius 2 is 2.29 bits per heavy atom. The number of rotatable bonds is 6. The fourth-order valence-electron chi connectivity index (χ4n) is 1.41. The fourth-order valence-corrected chi connectivity index (χ4v) is 2.82. The molecule has 0 spiro atoms. The molecule has 0 aliphatic heterocycles. The average molecular weight is 257 g/mol. The Morgan fingerprint density at radius 3 is 2.76 bits per heavy atom. The smallest absolute Gasteiger partial charge is 0.220 e. The van der Waals surface area contributed by atoms with Gasteiger partial charge in [-0.2, -0.15) is 9.57 Å². The minimum atomic E-state index is -3.50. The lowest BCUT2D eigenvalue weighted by Gasteiger charge is -2.17. The van der Waals surface area contributed by atoms with E-state index in [1.54, 1.807) is 13.0 Å². The van der Waals surface area contributed by atoms with E-state index in [-0.39, 0.29) is 12.3 Å². The summed E-state index contributed by atoms with van der Waals surface area (Å²) in [6.45, 7) is 3.77. The Bertz CT molecular complexity index is 501. The molecule has 6 nitrogen and oxygen atoms in total. The molecule has 0 amide bonds. The van der Waals surface area contributed by atoms with Crippen molar-refractivity contribution in [2.24, 2.45) is 0 Å². The van der Waals surface area contributed by atoms with Crippen molar-refractivity contribution in [1.29, 1.82) is 5.26 Å². The van der Waals surface area contributed by atoms with Crippen molar-refractivity contribution in [3.05, 3.63) is 17.5 Å². The Hall–Kier alpha value is -1.39. The SMILES string of the molecule is CCCN(CC#N)S(=O)(=O)Cc1cc(C)on1. The number of aryl methyl sites for hydroxylation is 1. The quantitative estimate of drug-likeness (QED) is 0.711. The minimum Gasteiger partial charge on any atom is -0.361 e. The van der Waals surface area contributed by atoms with Gasteiger partial charge in [0.1, 0.15) is 23.8 Å². The molecule has 1 heterocycles. The first-order chi connectivity index (χ1) is 7.99. The summed E-state index contributed by atoms with van der Waals surface area (Å²) in [5.74, 6) is 0.337. The van der Waals surface area contributed by atoms with Crippen LogP contribution in [0, 0.1) is 18.3 Å². The molecule has 0 atom stereocenters. The van der Waals surface area contributed by atoms with E-state index < -0.39 is 10.0 Å². The second-order valence-corrected chi connectivity index (χ2v) is 5.65. The second-order valence-electron chi connectivity index (χ2n) is 3.68. The van der Waals surface area contributed by atoms with Gasteiger partial charge in [0.15, 0.2) is 0 Å². The molecule has 0 N–H and O–H groups in total. The van der Waals surface area contributed by atoms with Gasteiger partial charge in [0.25, 0.3) is 0 Å². The topological polar surface area (TPSA) is 87.2 Å². The predicted octanol–water partition coefficient (Wildman–Crippen LogP) is 1.05. The lowest BCUT2D eigenvalue weighted by Crippen LogP contribution is -2.33. The summed E-state index contributed by atoms with van der Waals surface area (Å²) < 4.78 is 29.9. The predicted molar refractivity (Wildman–Crippen MR) is 61.3 cm³/mol. The van der Waals surface area contributed by atoms with Gasteiger partial charge in [0, 0.05) is 12.6 Å². The van der Waals surface area contributed by atoms with Crippen molar-refractivity contribution >= 4 is 10.0 Å². The second kappa shape index (κ2) is 5.80. The van der Waals surface area contributed by atoms with E-state index >= 15 is 0 Å². The Labute approximate surface area is 101 Å². The summed E-state index contributed by atoms with van der Waals surface area (Å²) >= 11 is 0. The lowest BCUT2D eigenvalue weighted by molar-refractivity contribution is 0.390. The highest BCUT2D eigenvalue weighted by Gasteiger charge is 2.23. The number of sulfonamides is 1. The van der Waals surface area contributed by atoms with Crippen LogP contribution in [0.25, 0.3) is 0 Å². The van der Waals surface area contributed by atoms with Crippen LogP contribution < -0.4 is 0 Å². The maximum absolute atomic E-state index is 12.0. The van der Waals surface area contributed by atoms with Crippen LogP contribution in [0.2, 0.25) is 0 Å². The minimum absolute atomic E-state index is 0.132. The number of aromatic nitrogens is 1. The molecule has 7 heteroatoms. The molecule has 0 aromatic carbocycles. The molecule has 0 unspecified atom stereocenters. The Morgan fingerprint density at radius 1 is 1.59 bits per heavy atom. The van der Waals surface area contributed by atoms with Gasteiger partial charge in [-0.25, -0.2) is 8.42 Å². The highest BCUT2D eigenvalue weighted by atomic mass is 32.2. The summed E-state index contributed by atoms with van der Waals surface area (Å²) in [6, 6.07) is 3.43. The molecule has 94 valence electrons. The Balaban J connectivity index is 2.82. The van der Waals surface area contributed by atoms with Crippen molar-refractivity contribution in [2.75, 3.05) is 13.1 Å². The van der Waals surface area contributed by atoms with Gasteiger partial charge in [-0.15, -0.1) is 0 Å². The van der Waals surface area contributed by atoms with Crippen LogP contribution in [0.1, 0.15) is 24.8 Å². The summed E-state index contributed by atoms with van der Waals surface area (Å²) in [6.07, 6.45) is 0.665. The first-order valence-electron chi connectivity index (χ1n) is 5.26. The highest BCUT2D eigenvalue weighted by molar-refractivity contribution is 7.88. The van der Waals surface area contributed by atoms with Crippen LogP contribution >= 0.6 is 0 Å². The Kier molecular flexibility index (Phi) is 4.66. The molecule has 0 saturated heterocycles. The normalized spacial score (nSPS) is 11.6. The first kappa shape index (κ1) is 13.7. The van der Waals surface area contributed by atoms with Gasteiger partial charge >= 0.3 is 0 Å². The molecule has 0 bridgehead atoms. The van der Waals surface area contributed by atoms with Crippen LogP contribution in [0.15, 0.2) is 10.6 Å². The van der Waals surface area contributed by atoms with E-state index in [4.69, 9.17) is 9.78 Å². The van der Waals surface area contributed by atoms with E-state index in [0.29, 0.717) is 24.4 Å². The zero-order chi connectivity index (χ0) is 12.9. The van der Waals surface area contributed by atoms with Gasteiger partial charge in [0.05, 0.1) is 6.07 Å². The van der Waals surface area contributed by atoms with Gasteiger partial charge in [0.2, 0.25) is 10.0 Å². The molecule has 0 saturated carbocycles. The monoisotopic (exact) mass is 257 g/mol. The van der Waals surface area contributed by atoms with Crippen molar-refractivity contribution in [2.45, 2.75) is 26.0 Å². The highest BCUT2D eigenvalue weighted by Crippen LogP contribution is 2.11. The summed E-state index contributed by atoms with van der Waals surface area (Å²) in [4.78, 5) is 0. The molecular formula is C10H15N3O3S. The van der Waals surface area contributed by atoms with E-state index in [2.05, 4.69) is 5.16 Å². The van der Waals surface area contributed by atoms with Crippen LogP contribution in [-0.4, -0.2) is 31.0 Å². The maximum Gasteiger partial charge on any atom is 0.220 e. The van der Waals surface area contributed by atoms with Crippen LogP contribution in [0.5, 0.6) is 0 Å². The van der Waals surface area contributed by atoms with Gasteiger partial charge in [-0.3, -0.25) is 0 Å². The number of nitrogens with zero attached hydrogens (tertiary/aromatic N) is 3. The third-order valence-corrected chi connectivity index (χ3v) is 3.88. The molecule has 0 aliphatic carbocycles. The van der Waals surface area contributed by atoms with Crippen molar-refractivity contribution < 1.29 is 12.9 Å². The zero-order valence-corrected chi connectivity index (χ0v) is 10.7. The third kappa shape index (κ3) is 3.84. The number of hydrogen-bond acceptors (Lipinski definition) is 5. The van der Waals surface area contributed by atoms with Crippen molar-refractivity contribution in [3.63, 3.8) is 0 Å². The zero-order valence-electron chi connectivity index (χ0n) is 9.88. The molecule has 0 aliphatic rings. The summed E-state index contributed by atoms with van der Waals surface area (Å²) in [5.41, 5.74) is 0.363. The molecule has 1 aromatic rings. The third-order valence-electron chi connectivity index (χ3n) is 2.12. The standard InChI is InChI=1S/C10H15N3O3S/c1-3-5-13(6-4-11)17(14,15)8-10-7-9(2)16-12-10/h7H,3,5-6,8H2,1-2H3. The number of nitriles is 1. The van der Waals surface area contributed by atoms with Crippen LogP contribution in [0.4, 0.5) is 0 Å². The van der Waals surface area contributed by atoms with Crippen LogP contribution in [0.3, 0.4) is 0 Å². The molecule has 1 aromatic heterocycles. The summed E-state index contributed by atoms with van der Waals surface area (Å²) in [7, 11) is -3.50. The lowest BCUT2D eigenvalue weighted by atomic mass is 10.4. The molecular weight excluding hydrogens is 242 g/mol. The molecule has 17 heavy (non-hydrogen) atoms. The maximum atomic E-state index is 12.0. The van der Waals surface area contributed by atoms with E-state index in [9.17, 15) is 8.42 Å². The largest absolute Gasteiger partial charge is 0.361 e. The molecule has 0 radical (unpaired) electrons.